The van der Waals surface area contributed by atoms with Crippen LogP contribution < -0.4 is 5.73 Å². The van der Waals surface area contributed by atoms with Crippen LogP contribution in [0.15, 0.2) is 97.1 Å². The number of anilines is 1. The fourth-order valence-corrected chi connectivity index (χ4v) is 3.58. The number of hydrogen-bond acceptors (Lipinski definition) is 1. The molecule has 2 N–H and O–H groups in total. The van der Waals surface area contributed by atoms with Crippen LogP contribution in [0.4, 0.5) is 5.69 Å². The van der Waals surface area contributed by atoms with Gasteiger partial charge in [-0.25, -0.2) is 0 Å². The van der Waals surface area contributed by atoms with Gasteiger partial charge in [0.15, 0.2) is 0 Å². The van der Waals surface area contributed by atoms with Crippen molar-refractivity contribution in [3.8, 4) is 33.4 Å². The summed E-state index contributed by atoms with van der Waals surface area (Å²) < 4.78 is 0. The number of nitrogen functional groups attached to an aromatic ring is 1. The van der Waals surface area contributed by atoms with Gasteiger partial charge in [-0.05, 0) is 39.4 Å². The molecule has 0 aromatic heterocycles. The van der Waals surface area contributed by atoms with Crippen molar-refractivity contribution in [2.24, 2.45) is 0 Å². The standard InChI is InChI=1S/C26H20N/c1-2-19-18-23(27)25(21-14-8-4-9-15-21)26(22-16-10-5-11-17-22)24(19)20-12-6-3-7-13-20/h1-18H,27H2. The van der Waals surface area contributed by atoms with E-state index in [-0.39, 0.29) is 0 Å². The molecule has 0 saturated heterocycles. The fraction of sp³-hybridized carbons (Fsp3) is 0. The topological polar surface area (TPSA) is 26.0 Å². The molecule has 4 rings (SSSR count). The fourth-order valence-electron chi connectivity index (χ4n) is 3.58. The van der Waals surface area contributed by atoms with Crippen LogP contribution in [0.5, 0.6) is 0 Å². The lowest BCUT2D eigenvalue weighted by molar-refractivity contribution is 1.54. The number of hydrogen-bond donors (Lipinski definition) is 1. The van der Waals surface area contributed by atoms with Gasteiger partial charge in [0.1, 0.15) is 0 Å². The smallest absolute Gasteiger partial charge is 0.0406 e. The van der Waals surface area contributed by atoms with E-state index < -0.39 is 0 Å². The summed E-state index contributed by atoms with van der Waals surface area (Å²) in [6.07, 6.45) is 1.64. The molecule has 0 saturated carbocycles. The lowest BCUT2D eigenvalue weighted by Crippen LogP contribution is -1.99. The Morgan fingerprint density at radius 3 is 1.41 bits per heavy atom. The average molecular weight is 346 g/mol. The third kappa shape index (κ3) is 3.16. The first-order valence-corrected chi connectivity index (χ1v) is 8.97. The summed E-state index contributed by atoms with van der Waals surface area (Å²) in [6, 6.07) is 32.9. The lowest BCUT2D eigenvalue weighted by atomic mass is 9.83. The van der Waals surface area contributed by atoms with E-state index in [9.17, 15) is 0 Å². The van der Waals surface area contributed by atoms with Gasteiger partial charge in [0.2, 0.25) is 0 Å². The van der Waals surface area contributed by atoms with Crippen LogP contribution in [0.3, 0.4) is 0 Å². The summed E-state index contributed by atoms with van der Waals surface area (Å²) >= 11 is 0. The number of nitrogens with two attached hydrogens (primary N) is 1. The molecule has 0 unspecified atom stereocenters. The van der Waals surface area contributed by atoms with Gasteiger partial charge in [-0.15, -0.1) is 0 Å². The van der Waals surface area contributed by atoms with Gasteiger partial charge in [0.25, 0.3) is 0 Å². The van der Waals surface area contributed by atoms with Crippen LogP contribution in [0.1, 0.15) is 5.56 Å². The molecule has 0 amide bonds. The van der Waals surface area contributed by atoms with E-state index in [0.717, 1.165) is 44.6 Å². The van der Waals surface area contributed by atoms with Crippen LogP contribution in [0.2, 0.25) is 0 Å². The Kier molecular flexibility index (Phi) is 4.59. The molecule has 0 atom stereocenters. The van der Waals surface area contributed by atoms with Gasteiger partial charge in [-0.2, -0.15) is 0 Å². The van der Waals surface area contributed by atoms with Crippen LogP contribution in [0, 0.1) is 6.58 Å². The highest BCUT2D eigenvalue weighted by atomic mass is 14.6. The molecular weight excluding hydrogens is 326 g/mol. The van der Waals surface area contributed by atoms with E-state index in [2.05, 4.69) is 36.4 Å². The zero-order chi connectivity index (χ0) is 18.6. The van der Waals surface area contributed by atoms with E-state index in [4.69, 9.17) is 12.3 Å². The second kappa shape index (κ2) is 7.35. The summed E-state index contributed by atoms with van der Waals surface area (Å²) in [5, 5.41) is 0. The second-order valence-corrected chi connectivity index (χ2v) is 6.44. The highest BCUT2D eigenvalue weighted by molar-refractivity contribution is 6.02. The monoisotopic (exact) mass is 346 g/mol. The van der Waals surface area contributed by atoms with Crippen LogP contribution in [-0.4, -0.2) is 0 Å². The lowest BCUT2D eigenvalue weighted by Gasteiger charge is -2.21. The van der Waals surface area contributed by atoms with Crippen molar-refractivity contribution >= 4 is 11.8 Å². The van der Waals surface area contributed by atoms with Crippen molar-refractivity contribution in [1.82, 2.24) is 0 Å². The van der Waals surface area contributed by atoms with E-state index in [1.54, 1.807) is 6.08 Å². The Morgan fingerprint density at radius 1 is 0.556 bits per heavy atom. The van der Waals surface area contributed by atoms with Gasteiger partial charge >= 0.3 is 0 Å². The summed E-state index contributed by atoms with van der Waals surface area (Å²) in [7, 11) is 0. The second-order valence-electron chi connectivity index (χ2n) is 6.44. The minimum Gasteiger partial charge on any atom is -0.398 e. The highest BCUT2D eigenvalue weighted by Gasteiger charge is 2.19. The molecule has 0 aliphatic rings. The molecular formula is C26H20N. The Balaban J connectivity index is 2.16. The largest absolute Gasteiger partial charge is 0.398 e. The van der Waals surface area contributed by atoms with Crippen molar-refractivity contribution in [2.75, 3.05) is 5.73 Å². The molecule has 4 aromatic rings. The third-order valence-corrected chi connectivity index (χ3v) is 4.76. The van der Waals surface area contributed by atoms with Crippen molar-refractivity contribution < 1.29 is 0 Å². The van der Waals surface area contributed by atoms with Crippen LogP contribution >= 0.6 is 0 Å². The van der Waals surface area contributed by atoms with Crippen molar-refractivity contribution in [3.63, 3.8) is 0 Å². The van der Waals surface area contributed by atoms with E-state index in [1.807, 2.05) is 60.7 Å². The molecule has 27 heavy (non-hydrogen) atoms. The Bertz CT molecular complexity index is 1070. The average Bonchev–Trinajstić information content (AvgIpc) is 2.74. The Morgan fingerprint density at radius 2 is 0.963 bits per heavy atom. The maximum absolute atomic E-state index is 6.54. The maximum Gasteiger partial charge on any atom is 0.0406 e. The molecule has 0 aliphatic carbocycles. The Labute approximate surface area is 160 Å². The predicted octanol–water partition coefficient (Wildman–Crippen LogP) is 6.72. The van der Waals surface area contributed by atoms with E-state index in [1.165, 1.54) is 0 Å². The van der Waals surface area contributed by atoms with Gasteiger partial charge in [-0.3, -0.25) is 0 Å². The van der Waals surface area contributed by atoms with Crippen molar-refractivity contribution in [1.29, 1.82) is 0 Å². The molecule has 129 valence electrons. The first kappa shape index (κ1) is 16.9. The highest BCUT2D eigenvalue weighted by Crippen LogP contribution is 2.45. The quantitative estimate of drug-likeness (QED) is 0.408. The predicted molar refractivity (Wildman–Crippen MR) is 116 cm³/mol. The first-order chi connectivity index (χ1) is 13.3. The normalized spacial score (nSPS) is 10.5. The zero-order valence-electron chi connectivity index (χ0n) is 15.0. The van der Waals surface area contributed by atoms with E-state index >= 15 is 0 Å². The van der Waals surface area contributed by atoms with Gasteiger partial charge < -0.3 is 5.73 Å². The third-order valence-electron chi connectivity index (χ3n) is 4.76. The molecule has 0 spiro atoms. The van der Waals surface area contributed by atoms with Crippen LogP contribution in [-0.2, 0) is 0 Å². The SMILES string of the molecule is [CH]=Cc1cc(N)c(-c2ccccc2)c(-c2ccccc2)c1-c1ccccc1. The van der Waals surface area contributed by atoms with E-state index in [0.29, 0.717) is 0 Å². The molecule has 0 fully saturated rings. The van der Waals surface area contributed by atoms with Crippen molar-refractivity contribution in [2.45, 2.75) is 0 Å². The molecule has 1 heteroatoms. The molecule has 1 radical (unpaired) electrons. The van der Waals surface area contributed by atoms with Gasteiger partial charge in [0.05, 0.1) is 0 Å². The first-order valence-electron chi connectivity index (χ1n) is 8.97. The molecule has 1 nitrogen and oxygen atoms in total. The molecule has 4 aromatic carbocycles. The maximum atomic E-state index is 6.54. The van der Waals surface area contributed by atoms with Crippen molar-refractivity contribution in [3.05, 3.63) is 109 Å². The zero-order valence-corrected chi connectivity index (χ0v) is 15.0. The van der Waals surface area contributed by atoms with Gasteiger partial charge in [-0.1, -0.05) is 104 Å². The molecule has 0 aliphatic heterocycles. The number of rotatable bonds is 4. The Hall–Kier alpha value is -3.58. The minimum atomic E-state index is 0.719. The molecule has 0 bridgehead atoms. The number of benzene rings is 4. The summed E-state index contributed by atoms with van der Waals surface area (Å²) in [5.41, 5.74) is 14.7. The summed E-state index contributed by atoms with van der Waals surface area (Å²) in [6.45, 7) is 6.01. The van der Waals surface area contributed by atoms with Gasteiger partial charge in [0, 0.05) is 11.3 Å². The summed E-state index contributed by atoms with van der Waals surface area (Å²) in [5.74, 6) is 0. The summed E-state index contributed by atoms with van der Waals surface area (Å²) in [4.78, 5) is 0. The van der Waals surface area contributed by atoms with Crippen LogP contribution in [0.25, 0.3) is 39.5 Å². The molecule has 0 heterocycles. The minimum absolute atomic E-state index is 0.719.